The summed E-state index contributed by atoms with van der Waals surface area (Å²) >= 11 is 0. The number of hydrogen-bond donors (Lipinski definition) is 5. The van der Waals surface area contributed by atoms with Crippen LogP contribution in [0.4, 0.5) is 0 Å². The minimum atomic E-state index is -1.17. The molecule has 1 aliphatic rings. The lowest BCUT2D eigenvalue weighted by Gasteiger charge is -2.39. The molecule has 1 unspecified atom stereocenters. The number of carboxylic acids is 1. The average molecular weight is 478 g/mol. The summed E-state index contributed by atoms with van der Waals surface area (Å²) in [5, 5.41) is 36.1. The van der Waals surface area contributed by atoms with Gasteiger partial charge in [0.05, 0.1) is 12.6 Å². The molecule has 0 saturated carbocycles. The number of aliphatic hydroxyl groups is 3. The third kappa shape index (κ3) is 16.5. The second-order valence-electron chi connectivity index (χ2n) is 9.11. The van der Waals surface area contributed by atoms with Gasteiger partial charge < -0.3 is 35.6 Å². The molecule has 0 spiro atoms. The lowest BCUT2D eigenvalue weighted by atomic mass is 9.98. The Balaban J connectivity index is 0.000000676. The van der Waals surface area contributed by atoms with E-state index in [1.165, 1.54) is 90.6 Å². The van der Waals surface area contributed by atoms with Gasteiger partial charge in [0.25, 0.3) is 0 Å². The van der Waals surface area contributed by atoms with Crippen LogP contribution in [0.2, 0.25) is 0 Å². The summed E-state index contributed by atoms with van der Waals surface area (Å²) in [6.45, 7) is 1.89. The van der Waals surface area contributed by atoms with Gasteiger partial charge in [0.15, 0.2) is 6.29 Å². The fourth-order valence-electron chi connectivity index (χ4n) is 3.96. The van der Waals surface area contributed by atoms with Crippen molar-refractivity contribution in [1.29, 1.82) is 0 Å². The van der Waals surface area contributed by atoms with Gasteiger partial charge in [-0.15, -0.1) is 0 Å². The Kier molecular flexibility index (Phi) is 21.2. The zero-order valence-corrected chi connectivity index (χ0v) is 21.0. The minimum absolute atomic E-state index is 0.345. The number of nitrogens with two attached hydrogens (primary N) is 1. The Labute approximate surface area is 200 Å². The summed E-state index contributed by atoms with van der Waals surface area (Å²) in [7, 11) is 1.38. The maximum Gasteiger partial charge on any atom is 0.303 e. The Hall–Kier alpha value is -0.770. The number of carbonyl (C=O) groups is 1. The van der Waals surface area contributed by atoms with E-state index in [0.717, 1.165) is 12.8 Å². The van der Waals surface area contributed by atoms with E-state index in [9.17, 15) is 15.0 Å². The minimum Gasteiger partial charge on any atom is -0.481 e. The van der Waals surface area contributed by atoms with Crippen molar-refractivity contribution in [2.24, 2.45) is 5.73 Å². The Morgan fingerprint density at radius 3 is 1.61 bits per heavy atom. The molecule has 1 aliphatic heterocycles. The number of ether oxygens (including phenoxy) is 2. The molecule has 1 saturated heterocycles. The molecule has 0 amide bonds. The monoisotopic (exact) mass is 477 g/mol. The van der Waals surface area contributed by atoms with Crippen LogP contribution >= 0.6 is 0 Å². The molecule has 8 heteroatoms. The Morgan fingerprint density at radius 2 is 1.24 bits per heavy atom. The van der Waals surface area contributed by atoms with Crippen molar-refractivity contribution < 1.29 is 34.7 Å². The lowest BCUT2D eigenvalue weighted by Crippen LogP contribution is -2.62. The van der Waals surface area contributed by atoms with Crippen LogP contribution in [0.1, 0.15) is 110 Å². The molecule has 0 radical (unpaired) electrons. The number of carboxylic acid groups (broad SMARTS) is 1. The molecule has 0 bridgehead atoms. The molecule has 1 rings (SSSR count). The van der Waals surface area contributed by atoms with Crippen LogP contribution in [0.15, 0.2) is 0 Å². The van der Waals surface area contributed by atoms with Crippen molar-refractivity contribution in [3.63, 3.8) is 0 Å². The molecule has 0 aromatic heterocycles. The Bertz CT molecular complexity index is 432. The van der Waals surface area contributed by atoms with E-state index in [1.807, 2.05) is 0 Å². The highest BCUT2D eigenvalue weighted by atomic mass is 16.7. The first kappa shape index (κ1) is 32.2. The van der Waals surface area contributed by atoms with Gasteiger partial charge in [-0.05, 0) is 6.42 Å². The lowest BCUT2D eigenvalue weighted by molar-refractivity contribution is -0.257. The molecule has 198 valence electrons. The maximum atomic E-state index is 10.3. The molecule has 0 aromatic carbocycles. The molecule has 33 heavy (non-hydrogen) atoms. The van der Waals surface area contributed by atoms with Gasteiger partial charge in [-0.2, -0.15) is 0 Å². The molecule has 1 fully saturated rings. The molecule has 1 heterocycles. The molecule has 5 atom stereocenters. The van der Waals surface area contributed by atoms with Gasteiger partial charge in [-0.1, -0.05) is 96.8 Å². The second-order valence-corrected chi connectivity index (χ2v) is 9.11. The SMILES string of the molecule is CCCCCCCCCCCCCCCCCC(=O)O.COC1O[C@H](CO)[C@@H](O)[C@H](O)[C@H]1N. The first-order chi connectivity index (χ1) is 15.9. The number of unbranched alkanes of at least 4 members (excludes halogenated alkanes) is 14. The summed E-state index contributed by atoms with van der Waals surface area (Å²) in [5.74, 6) is -0.653. The molecule has 6 N–H and O–H groups in total. The van der Waals surface area contributed by atoms with Gasteiger partial charge >= 0.3 is 5.97 Å². The summed E-state index contributed by atoms with van der Waals surface area (Å²) < 4.78 is 9.90. The largest absolute Gasteiger partial charge is 0.481 e. The number of methoxy groups -OCH3 is 1. The summed E-state index contributed by atoms with van der Waals surface area (Å²) in [6, 6.07) is -0.803. The van der Waals surface area contributed by atoms with Crippen LogP contribution in [0.5, 0.6) is 0 Å². The van der Waals surface area contributed by atoms with Crippen LogP contribution in [0.25, 0.3) is 0 Å². The van der Waals surface area contributed by atoms with E-state index >= 15 is 0 Å². The van der Waals surface area contributed by atoms with E-state index in [0.29, 0.717) is 6.42 Å². The van der Waals surface area contributed by atoms with Crippen LogP contribution in [-0.2, 0) is 14.3 Å². The number of rotatable bonds is 18. The fraction of sp³-hybridized carbons (Fsp3) is 0.960. The number of hydrogen-bond acceptors (Lipinski definition) is 7. The van der Waals surface area contributed by atoms with Crippen molar-refractivity contribution in [3.8, 4) is 0 Å². The van der Waals surface area contributed by atoms with Crippen LogP contribution in [0, 0.1) is 0 Å². The molecule has 8 nitrogen and oxygen atoms in total. The fourth-order valence-corrected chi connectivity index (χ4v) is 3.96. The highest BCUT2D eigenvalue weighted by molar-refractivity contribution is 5.66. The highest BCUT2D eigenvalue weighted by Crippen LogP contribution is 2.19. The zero-order valence-electron chi connectivity index (χ0n) is 21.0. The van der Waals surface area contributed by atoms with Gasteiger partial charge in [-0.25, -0.2) is 0 Å². The molecule has 0 aliphatic carbocycles. The van der Waals surface area contributed by atoms with Gasteiger partial charge in [0.2, 0.25) is 0 Å². The number of aliphatic hydroxyl groups excluding tert-OH is 3. The number of aliphatic carboxylic acids is 1. The third-order valence-corrected chi connectivity index (χ3v) is 6.15. The third-order valence-electron chi connectivity index (χ3n) is 6.15. The van der Waals surface area contributed by atoms with Gasteiger partial charge in [-0.3, -0.25) is 4.79 Å². The summed E-state index contributed by atoms with van der Waals surface area (Å²) in [5.41, 5.74) is 5.50. The van der Waals surface area contributed by atoms with Crippen molar-refractivity contribution >= 4 is 5.97 Å². The molecular weight excluding hydrogens is 426 g/mol. The quantitative estimate of drug-likeness (QED) is 0.188. The van der Waals surface area contributed by atoms with Crippen molar-refractivity contribution in [2.75, 3.05) is 13.7 Å². The highest BCUT2D eigenvalue weighted by Gasteiger charge is 2.42. The Morgan fingerprint density at radius 1 is 0.818 bits per heavy atom. The van der Waals surface area contributed by atoms with E-state index in [2.05, 4.69) is 6.92 Å². The first-order valence-corrected chi connectivity index (χ1v) is 13.0. The normalized spacial score (nSPS) is 24.8. The van der Waals surface area contributed by atoms with E-state index in [1.54, 1.807) is 0 Å². The molecular formula is C25H51NO7. The van der Waals surface area contributed by atoms with Crippen LogP contribution < -0.4 is 5.73 Å². The second kappa shape index (κ2) is 21.7. The van der Waals surface area contributed by atoms with E-state index in [4.69, 9.17) is 25.4 Å². The van der Waals surface area contributed by atoms with Gasteiger partial charge in [0.1, 0.15) is 18.3 Å². The predicted octanol–water partition coefficient (Wildman–Crippen LogP) is 3.73. The van der Waals surface area contributed by atoms with Crippen molar-refractivity contribution in [2.45, 2.75) is 140 Å². The summed E-state index contributed by atoms with van der Waals surface area (Å²) in [6.07, 6.45) is 16.2. The maximum absolute atomic E-state index is 10.3. The van der Waals surface area contributed by atoms with Crippen LogP contribution in [-0.4, -0.2) is 70.8 Å². The van der Waals surface area contributed by atoms with Crippen LogP contribution in [0.3, 0.4) is 0 Å². The topological polar surface area (TPSA) is 142 Å². The molecule has 0 aromatic rings. The van der Waals surface area contributed by atoms with Crippen molar-refractivity contribution in [3.05, 3.63) is 0 Å². The van der Waals surface area contributed by atoms with E-state index in [-0.39, 0.29) is 6.61 Å². The van der Waals surface area contributed by atoms with E-state index < -0.39 is 36.6 Å². The average Bonchev–Trinajstić information content (AvgIpc) is 2.80. The first-order valence-electron chi connectivity index (χ1n) is 13.0. The predicted molar refractivity (Wildman–Crippen MR) is 130 cm³/mol. The standard InChI is InChI=1S/C18H36O2.C7H15NO5/c1-2-3-4-5-6-7-8-9-10-11-12-13-14-15-16-17-18(19)20;1-12-7-4(8)6(11)5(10)3(2-9)13-7/h2-17H2,1H3,(H,19,20);3-7,9-11H,2,8H2,1H3/t;3-,4-,5-,6-,7?/m.1/s1. The smallest absolute Gasteiger partial charge is 0.303 e. The van der Waals surface area contributed by atoms with Crippen molar-refractivity contribution in [1.82, 2.24) is 0 Å². The summed E-state index contributed by atoms with van der Waals surface area (Å²) in [4.78, 5) is 10.3. The zero-order chi connectivity index (χ0) is 24.9. The van der Waals surface area contributed by atoms with Gasteiger partial charge in [0, 0.05) is 13.5 Å².